The van der Waals surface area contributed by atoms with Crippen molar-refractivity contribution < 1.29 is 14.7 Å². The highest BCUT2D eigenvalue weighted by molar-refractivity contribution is 7.09. The summed E-state index contributed by atoms with van der Waals surface area (Å²) >= 11 is 1.78. The number of hydrogen-bond acceptors (Lipinski definition) is 4. The first kappa shape index (κ1) is 21.0. The van der Waals surface area contributed by atoms with Gasteiger partial charge in [-0.2, -0.15) is 0 Å². The van der Waals surface area contributed by atoms with Crippen LogP contribution in [0.3, 0.4) is 0 Å². The van der Waals surface area contributed by atoms with Gasteiger partial charge < -0.3 is 9.67 Å². The van der Waals surface area contributed by atoms with E-state index in [0.29, 0.717) is 18.0 Å². The molecule has 3 aromatic rings. The van der Waals surface area contributed by atoms with Crippen LogP contribution in [0.15, 0.2) is 48.0 Å². The molecular weight excluding hydrogens is 384 g/mol. The van der Waals surface area contributed by atoms with Gasteiger partial charge in [0, 0.05) is 17.5 Å². The molecule has 1 aromatic carbocycles. The van der Waals surface area contributed by atoms with Crippen LogP contribution < -0.4 is 0 Å². The number of aryl methyl sites for hydroxylation is 1. The summed E-state index contributed by atoms with van der Waals surface area (Å²) in [6.07, 6.45) is 9.56. The SMILES string of the molecule is Cc1cc(C=O)n(Cc2csc(C3CCCCC3)n2)c1.O=C(O)c1ccccc1. The van der Waals surface area contributed by atoms with Crippen molar-refractivity contribution in [1.29, 1.82) is 0 Å². The first-order valence-corrected chi connectivity index (χ1v) is 10.8. The topological polar surface area (TPSA) is 72.2 Å². The van der Waals surface area contributed by atoms with Gasteiger partial charge >= 0.3 is 5.97 Å². The van der Waals surface area contributed by atoms with Gasteiger partial charge in [0.25, 0.3) is 0 Å². The van der Waals surface area contributed by atoms with Crippen molar-refractivity contribution >= 4 is 23.6 Å². The van der Waals surface area contributed by atoms with E-state index in [0.717, 1.165) is 23.2 Å². The third kappa shape index (κ3) is 5.87. The predicted octanol–water partition coefficient (Wildman–Crippen LogP) is 5.55. The van der Waals surface area contributed by atoms with Gasteiger partial charge in [-0.05, 0) is 43.5 Å². The van der Waals surface area contributed by atoms with E-state index >= 15 is 0 Å². The molecular formula is C23H26N2O3S. The molecule has 0 amide bonds. The summed E-state index contributed by atoms with van der Waals surface area (Å²) in [6, 6.07) is 10.2. The molecule has 0 spiro atoms. The third-order valence-electron chi connectivity index (χ3n) is 5.06. The van der Waals surface area contributed by atoms with E-state index in [1.54, 1.807) is 41.7 Å². The van der Waals surface area contributed by atoms with E-state index in [9.17, 15) is 9.59 Å². The number of carboxylic acid groups (broad SMARTS) is 1. The van der Waals surface area contributed by atoms with Gasteiger partial charge in [-0.15, -0.1) is 11.3 Å². The molecule has 152 valence electrons. The number of carbonyl (C=O) groups is 2. The van der Waals surface area contributed by atoms with Crippen molar-refractivity contribution in [3.63, 3.8) is 0 Å². The van der Waals surface area contributed by atoms with E-state index in [1.807, 2.05) is 23.8 Å². The number of carbonyl (C=O) groups excluding carboxylic acids is 1. The lowest BCUT2D eigenvalue weighted by molar-refractivity contribution is 0.0696. The number of benzene rings is 1. The van der Waals surface area contributed by atoms with Gasteiger partial charge in [0.05, 0.1) is 28.5 Å². The molecule has 2 heterocycles. The summed E-state index contributed by atoms with van der Waals surface area (Å²) in [7, 11) is 0. The summed E-state index contributed by atoms with van der Waals surface area (Å²) in [5.74, 6) is -0.213. The zero-order chi connectivity index (χ0) is 20.6. The van der Waals surface area contributed by atoms with Crippen LogP contribution in [0.1, 0.15) is 75.1 Å². The van der Waals surface area contributed by atoms with Crippen molar-refractivity contribution in [3.05, 3.63) is 75.5 Å². The van der Waals surface area contributed by atoms with Crippen LogP contribution >= 0.6 is 11.3 Å². The number of aromatic nitrogens is 2. The molecule has 0 atom stereocenters. The Balaban J connectivity index is 0.000000224. The Morgan fingerprint density at radius 2 is 1.97 bits per heavy atom. The average Bonchev–Trinajstić information content (AvgIpc) is 3.36. The largest absolute Gasteiger partial charge is 0.478 e. The molecule has 0 radical (unpaired) electrons. The maximum Gasteiger partial charge on any atom is 0.335 e. The summed E-state index contributed by atoms with van der Waals surface area (Å²) < 4.78 is 1.99. The number of nitrogens with zero attached hydrogens (tertiary/aromatic N) is 2. The summed E-state index contributed by atoms with van der Waals surface area (Å²) in [5.41, 5.74) is 3.26. The zero-order valence-electron chi connectivity index (χ0n) is 16.6. The Hall–Kier alpha value is -2.73. The van der Waals surface area contributed by atoms with Gasteiger partial charge in [0.15, 0.2) is 6.29 Å². The summed E-state index contributed by atoms with van der Waals surface area (Å²) in [4.78, 5) is 26.0. The molecule has 6 heteroatoms. The number of aromatic carboxylic acids is 1. The molecule has 1 N–H and O–H groups in total. The molecule has 4 rings (SSSR count). The van der Waals surface area contributed by atoms with E-state index < -0.39 is 5.97 Å². The van der Waals surface area contributed by atoms with Crippen LogP contribution in [0.4, 0.5) is 0 Å². The van der Waals surface area contributed by atoms with Crippen molar-refractivity contribution in [2.45, 2.75) is 51.5 Å². The van der Waals surface area contributed by atoms with Crippen LogP contribution in [0.25, 0.3) is 0 Å². The van der Waals surface area contributed by atoms with Crippen LogP contribution in [-0.2, 0) is 6.54 Å². The fraction of sp³-hybridized carbons (Fsp3) is 0.348. The highest BCUT2D eigenvalue weighted by Crippen LogP contribution is 2.34. The van der Waals surface area contributed by atoms with Crippen LogP contribution in [0.5, 0.6) is 0 Å². The Morgan fingerprint density at radius 3 is 2.59 bits per heavy atom. The normalized spacial score (nSPS) is 14.1. The minimum Gasteiger partial charge on any atom is -0.478 e. The highest BCUT2D eigenvalue weighted by atomic mass is 32.1. The number of thiazole rings is 1. The van der Waals surface area contributed by atoms with Crippen LogP contribution in [0.2, 0.25) is 0 Å². The molecule has 1 aliphatic rings. The molecule has 5 nitrogen and oxygen atoms in total. The maximum atomic E-state index is 11.0. The van der Waals surface area contributed by atoms with Gasteiger partial charge in [-0.25, -0.2) is 9.78 Å². The fourth-order valence-electron chi connectivity index (χ4n) is 3.60. The molecule has 1 saturated carbocycles. The van der Waals surface area contributed by atoms with E-state index in [1.165, 1.54) is 37.1 Å². The second kappa shape index (κ2) is 10.2. The lowest BCUT2D eigenvalue weighted by Gasteiger charge is -2.18. The fourth-order valence-corrected chi connectivity index (χ4v) is 4.58. The Morgan fingerprint density at radius 1 is 1.24 bits per heavy atom. The molecule has 2 aromatic heterocycles. The third-order valence-corrected chi connectivity index (χ3v) is 6.12. The standard InChI is InChI=1S/C16H20N2OS.C7H6O2/c1-12-7-15(10-19)18(8-12)9-14-11-20-16(17-14)13-5-3-2-4-6-13;8-7(9)6-4-2-1-3-5-6/h7-8,10-11,13H,2-6,9H2,1H3;1-5H,(H,8,9). The minimum absolute atomic E-state index is 0.331. The van der Waals surface area contributed by atoms with Gasteiger partial charge in [-0.3, -0.25) is 4.79 Å². The second-order valence-corrected chi connectivity index (χ2v) is 8.26. The lowest BCUT2D eigenvalue weighted by atomic mass is 9.90. The van der Waals surface area contributed by atoms with E-state index in [2.05, 4.69) is 5.38 Å². The van der Waals surface area contributed by atoms with Crippen molar-refractivity contribution in [2.24, 2.45) is 0 Å². The molecule has 0 saturated heterocycles. The molecule has 0 aliphatic heterocycles. The smallest absolute Gasteiger partial charge is 0.335 e. The van der Waals surface area contributed by atoms with Gasteiger partial charge in [0.2, 0.25) is 0 Å². The quantitative estimate of drug-likeness (QED) is 0.560. The van der Waals surface area contributed by atoms with E-state index in [-0.39, 0.29) is 0 Å². The Kier molecular flexibility index (Phi) is 7.36. The maximum absolute atomic E-state index is 11.0. The van der Waals surface area contributed by atoms with Crippen molar-refractivity contribution in [2.75, 3.05) is 0 Å². The molecule has 0 bridgehead atoms. The lowest BCUT2D eigenvalue weighted by Crippen LogP contribution is -2.06. The predicted molar refractivity (Wildman–Crippen MR) is 115 cm³/mol. The van der Waals surface area contributed by atoms with Crippen molar-refractivity contribution in [3.8, 4) is 0 Å². The Labute approximate surface area is 175 Å². The molecule has 1 aliphatic carbocycles. The second-order valence-electron chi connectivity index (χ2n) is 7.37. The highest BCUT2D eigenvalue weighted by Gasteiger charge is 2.18. The molecule has 1 fully saturated rings. The minimum atomic E-state index is -0.879. The number of carboxylic acids is 1. The summed E-state index contributed by atoms with van der Waals surface area (Å²) in [6.45, 7) is 2.71. The van der Waals surface area contributed by atoms with Crippen LogP contribution in [-0.4, -0.2) is 26.9 Å². The molecule has 29 heavy (non-hydrogen) atoms. The van der Waals surface area contributed by atoms with Gasteiger partial charge in [0.1, 0.15) is 0 Å². The van der Waals surface area contributed by atoms with Crippen LogP contribution in [0, 0.1) is 6.92 Å². The monoisotopic (exact) mass is 410 g/mol. The molecule has 0 unspecified atom stereocenters. The first-order chi connectivity index (χ1) is 14.1. The number of hydrogen-bond donors (Lipinski definition) is 1. The van der Waals surface area contributed by atoms with Crippen molar-refractivity contribution in [1.82, 2.24) is 9.55 Å². The zero-order valence-corrected chi connectivity index (χ0v) is 17.4. The average molecular weight is 411 g/mol. The Bertz CT molecular complexity index is 940. The van der Waals surface area contributed by atoms with E-state index in [4.69, 9.17) is 10.1 Å². The number of aldehydes is 1. The summed E-state index contributed by atoms with van der Waals surface area (Å²) in [5, 5.41) is 11.8. The van der Waals surface area contributed by atoms with Gasteiger partial charge in [-0.1, -0.05) is 37.5 Å². The first-order valence-electron chi connectivity index (χ1n) is 9.91. The number of rotatable bonds is 5.